The van der Waals surface area contributed by atoms with Crippen LogP contribution in [0.25, 0.3) is 0 Å². The Kier molecular flexibility index (Phi) is 4.17. The molecule has 0 unspecified atom stereocenters. The van der Waals surface area contributed by atoms with Crippen molar-refractivity contribution in [2.45, 2.75) is 43.7 Å². The van der Waals surface area contributed by atoms with Crippen molar-refractivity contribution in [3.63, 3.8) is 0 Å². The van der Waals surface area contributed by atoms with Gasteiger partial charge in [0.25, 0.3) is 0 Å². The minimum Gasteiger partial charge on any atom is -0.319 e. The first kappa shape index (κ1) is 13.3. The topological polar surface area (TPSA) is 32.3 Å². The van der Waals surface area contributed by atoms with E-state index in [1.807, 2.05) is 35.4 Å². The number of rotatable bonds is 2. The molecule has 2 amide bonds. The summed E-state index contributed by atoms with van der Waals surface area (Å²) in [5.41, 5.74) is 0.865. The van der Waals surface area contributed by atoms with Crippen LogP contribution in [0.1, 0.15) is 26.7 Å². The zero-order valence-corrected chi connectivity index (χ0v) is 12.0. The largest absolute Gasteiger partial charge is 0.322 e. The number of carbonyl (C=O) groups excluding carboxylic acids is 1. The summed E-state index contributed by atoms with van der Waals surface area (Å²) >= 11 is 1.70. The summed E-state index contributed by atoms with van der Waals surface area (Å²) < 4.78 is 0. The maximum Gasteiger partial charge on any atom is 0.322 e. The fraction of sp³-hybridized carbons (Fsp3) is 0.500. The van der Waals surface area contributed by atoms with Gasteiger partial charge in [-0.05, 0) is 57.2 Å². The average molecular weight is 264 g/mol. The summed E-state index contributed by atoms with van der Waals surface area (Å²) in [5, 5.41) is 2.97. The number of carbonyl (C=O) groups is 1. The van der Waals surface area contributed by atoms with E-state index >= 15 is 0 Å². The van der Waals surface area contributed by atoms with Crippen LogP contribution in [-0.2, 0) is 0 Å². The molecule has 1 aliphatic rings. The minimum atomic E-state index is 0.0180. The number of urea groups is 1. The molecule has 1 heterocycles. The van der Waals surface area contributed by atoms with Gasteiger partial charge in [-0.2, -0.15) is 0 Å². The number of benzene rings is 1. The minimum absolute atomic E-state index is 0.0180. The number of anilines is 1. The summed E-state index contributed by atoms with van der Waals surface area (Å²) in [6.45, 7) is 4.22. The Bertz CT molecular complexity index is 408. The van der Waals surface area contributed by atoms with Crippen molar-refractivity contribution < 1.29 is 4.79 Å². The molecule has 0 spiro atoms. The lowest BCUT2D eigenvalue weighted by Gasteiger charge is -2.26. The van der Waals surface area contributed by atoms with E-state index in [4.69, 9.17) is 0 Å². The highest BCUT2D eigenvalue weighted by Crippen LogP contribution is 2.25. The molecule has 4 heteroatoms. The maximum absolute atomic E-state index is 12.2. The first-order chi connectivity index (χ1) is 8.61. The molecule has 0 bridgehead atoms. The molecule has 1 aliphatic heterocycles. The van der Waals surface area contributed by atoms with Gasteiger partial charge in [-0.1, -0.05) is 0 Å². The van der Waals surface area contributed by atoms with E-state index in [0.29, 0.717) is 12.1 Å². The van der Waals surface area contributed by atoms with Gasteiger partial charge in [-0.15, -0.1) is 11.8 Å². The predicted molar refractivity (Wildman–Crippen MR) is 77.2 cm³/mol. The number of amides is 2. The molecule has 18 heavy (non-hydrogen) atoms. The zero-order chi connectivity index (χ0) is 13.1. The van der Waals surface area contributed by atoms with Crippen LogP contribution in [0.3, 0.4) is 0 Å². The van der Waals surface area contributed by atoms with Crippen molar-refractivity contribution in [1.29, 1.82) is 0 Å². The van der Waals surface area contributed by atoms with Crippen LogP contribution in [0, 0.1) is 0 Å². The monoisotopic (exact) mass is 264 g/mol. The van der Waals surface area contributed by atoms with Crippen LogP contribution in [0.5, 0.6) is 0 Å². The third-order valence-electron chi connectivity index (χ3n) is 3.53. The van der Waals surface area contributed by atoms with E-state index in [1.165, 1.54) is 4.90 Å². The maximum atomic E-state index is 12.2. The fourth-order valence-corrected chi connectivity index (χ4v) is 2.87. The molecular formula is C14H20N2OS. The highest BCUT2D eigenvalue weighted by Gasteiger charge is 2.31. The van der Waals surface area contributed by atoms with E-state index < -0.39 is 0 Å². The second-order valence-corrected chi connectivity index (χ2v) is 5.72. The van der Waals surface area contributed by atoms with E-state index in [2.05, 4.69) is 19.2 Å². The number of likely N-dealkylation sites (tertiary alicyclic amines) is 1. The molecule has 98 valence electrons. The van der Waals surface area contributed by atoms with Crippen LogP contribution >= 0.6 is 11.8 Å². The lowest BCUT2D eigenvalue weighted by atomic mass is 10.2. The Labute approximate surface area is 113 Å². The molecule has 2 atom stereocenters. The van der Waals surface area contributed by atoms with Crippen molar-refractivity contribution in [3.8, 4) is 0 Å². The SMILES string of the molecule is CSc1ccc(NC(=O)N2[C@H](C)CC[C@@H]2C)cc1. The number of hydrogen-bond acceptors (Lipinski definition) is 2. The second kappa shape index (κ2) is 5.65. The Morgan fingerprint density at radius 2 is 1.78 bits per heavy atom. The van der Waals surface area contributed by atoms with Crippen LogP contribution < -0.4 is 5.32 Å². The first-order valence-electron chi connectivity index (χ1n) is 6.35. The van der Waals surface area contributed by atoms with Crippen molar-refractivity contribution >= 4 is 23.5 Å². The normalized spacial score (nSPS) is 23.2. The molecule has 2 rings (SSSR count). The predicted octanol–water partition coefficient (Wildman–Crippen LogP) is 3.81. The summed E-state index contributed by atoms with van der Waals surface area (Å²) in [6, 6.07) is 8.65. The van der Waals surface area contributed by atoms with Gasteiger partial charge < -0.3 is 10.2 Å². The van der Waals surface area contributed by atoms with E-state index in [-0.39, 0.29) is 6.03 Å². The van der Waals surface area contributed by atoms with Crippen LogP contribution in [-0.4, -0.2) is 29.3 Å². The molecule has 1 saturated heterocycles. The number of nitrogens with one attached hydrogen (secondary N) is 1. The van der Waals surface area contributed by atoms with E-state index in [0.717, 1.165) is 18.5 Å². The molecule has 1 N–H and O–H groups in total. The van der Waals surface area contributed by atoms with E-state index in [9.17, 15) is 4.79 Å². The van der Waals surface area contributed by atoms with Gasteiger partial charge >= 0.3 is 6.03 Å². The second-order valence-electron chi connectivity index (χ2n) is 4.84. The molecule has 1 aromatic carbocycles. The molecule has 0 radical (unpaired) electrons. The van der Waals surface area contributed by atoms with Gasteiger partial charge in [0.05, 0.1) is 0 Å². The van der Waals surface area contributed by atoms with Gasteiger partial charge in [0.1, 0.15) is 0 Å². The third kappa shape index (κ3) is 2.80. The molecule has 0 aromatic heterocycles. The average Bonchev–Trinajstić information content (AvgIpc) is 2.70. The Morgan fingerprint density at radius 1 is 1.22 bits per heavy atom. The van der Waals surface area contributed by atoms with E-state index in [1.54, 1.807) is 11.8 Å². The highest BCUT2D eigenvalue weighted by molar-refractivity contribution is 7.98. The van der Waals surface area contributed by atoms with Gasteiger partial charge in [0, 0.05) is 22.7 Å². The Balaban J connectivity index is 2.02. The van der Waals surface area contributed by atoms with Crippen LogP contribution in [0.15, 0.2) is 29.2 Å². The smallest absolute Gasteiger partial charge is 0.319 e. The van der Waals surface area contributed by atoms with Gasteiger partial charge in [-0.25, -0.2) is 4.79 Å². The summed E-state index contributed by atoms with van der Waals surface area (Å²) in [4.78, 5) is 15.4. The summed E-state index contributed by atoms with van der Waals surface area (Å²) in [6.07, 6.45) is 4.24. The van der Waals surface area contributed by atoms with Crippen LogP contribution in [0.2, 0.25) is 0 Å². The van der Waals surface area contributed by atoms with Crippen molar-refractivity contribution in [3.05, 3.63) is 24.3 Å². The highest BCUT2D eigenvalue weighted by atomic mass is 32.2. The quantitative estimate of drug-likeness (QED) is 0.824. The lowest BCUT2D eigenvalue weighted by Crippen LogP contribution is -2.41. The van der Waals surface area contributed by atoms with Crippen molar-refractivity contribution in [2.75, 3.05) is 11.6 Å². The Hall–Kier alpha value is -1.16. The van der Waals surface area contributed by atoms with Gasteiger partial charge in [0.15, 0.2) is 0 Å². The third-order valence-corrected chi connectivity index (χ3v) is 4.27. The van der Waals surface area contributed by atoms with Crippen molar-refractivity contribution in [1.82, 2.24) is 4.90 Å². The standard InChI is InChI=1S/C14H20N2OS/c1-10-4-5-11(2)16(10)14(17)15-12-6-8-13(18-3)9-7-12/h6-11H,4-5H2,1-3H3,(H,15,17)/t10-,11+. The zero-order valence-electron chi connectivity index (χ0n) is 11.1. The van der Waals surface area contributed by atoms with Crippen LogP contribution in [0.4, 0.5) is 10.5 Å². The fourth-order valence-electron chi connectivity index (χ4n) is 2.46. The summed E-state index contributed by atoms with van der Waals surface area (Å²) in [5.74, 6) is 0. The van der Waals surface area contributed by atoms with Gasteiger partial charge in [0.2, 0.25) is 0 Å². The van der Waals surface area contributed by atoms with Crippen molar-refractivity contribution in [2.24, 2.45) is 0 Å². The first-order valence-corrected chi connectivity index (χ1v) is 7.57. The molecule has 3 nitrogen and oxygen atoms in total. The number of thioether (sulfide) groups is 1. The molecular weight excluding hydrogens is 244 g/mol. The van der Waals surface area contributed by atoms with Gasteiger partial charge in [-0.3, -0.25) is 0 Å². The molecule has 1 fully saturated rings. The molecule has 0 aliphatic carbocycles. The lowest BCUT2D eigenvalue weighted by molar-refractivity contribution is 0.194. The number of nitrogens with zero attached hydrogens (tertiary/aromatic N) is 1. The molecule has 0 saturated carbocycles. The summed E-state index contributed by atoms with van der Waals surface area (Å²) in [7, 11) is 0. The number of hydrogen-bond donors (Lipinski definition) is 1. The Morgan fingerprint density at radius 3 is 2.28 bits per heavy atom. The molecule has 1 aromatic rings.